The molecule has 0 aliphatic heterocycles. The van der Waals surface area contributed by atoms with E-state index in [0.29, 0.717) is 23.0 Å². The van der Waals surface area contributed by atoms with Gasteiger partial charge in [-0.2, -0.15) is 0 Å². The summed E-state index contributed by atoms with van der Waals surface area (Å²) >= 11 is 0. The zero-order valence-corrected chi connectivity index (χ0v) is 18.8. The van der Waals surface area contributed by atoms with E-state index in [1.807, 2.05) is 61.5 Å². The van der Waals surface area contributed by atoms with E-state index in [1.165, 1.54) is 0 Å². The third kappa shape index (κ3) is 5.20. The second-order valence-corrected chi connectivity index (χ2v) is 6.45. The first-order valence-electron chi connectivity index (χ1n) is 9.04. The van der Waals surface area contributed by atoms with Crippen LogP contribution in [0.5, 0.6) is 23.0 Å². The molecule has 153 valence electrons. The quantitative estimate of drug-likeness (QED) is 0.302. The molecule has 0 N–H and O–H groups in total. The fourth-order valence-corrected chi connectivity index (χ4v) is 2.71. The summed E-state index contributed by atoms with van der Waals surface area (Å²) in [6.07, 6.45) is 8.47. The first-order chi connectivity index (χ1) is 14.2. The number of hydrogen-bond donors (Lipinski definition) is 0. The van der Waals surface area contributed by atoms with E-state index in [1.54, 1.807) is 37.1 Å². The Kier molecular flexibility index (Phi) is 7.12. The van der Waals surface area contributed by atoms with Crippen LogP contribution < -0.4 is 14.4 Å². The monoisotopic (exact) mass is 576 g/mol. The van der Waals surface area contributed by atoms with Crippen molar-refractivity contribution in [3.63, 3.8) is 0 Å². The zero-order valence-electron chi connectivity index (χ0n) is 16.4. The maximum atomic E-state index is 6.10. The molecule has 1 aromatic carbocycles. The Balaban J connectivity index is 0.00000256. The van der Waals surface area contributed by atoms with E-state index in [4.69, 9.17) is 9.47 Å². The van der Waals surface area contributed by atoms with Crippen molar-refractivity contribution in [1.29, 1.82) is 0 Å². The van der Waals surface area contributed by atoms with E-state index in [0.717, 1.165) is 16.9 Å². The van der Waals surface area contributed by atoms with E-state index in [9.17, 15) is 0 Å². The molecular weight excluding hydrogens is 556 g/mol. The van der Waals surface area contributed by atoms with Crippen molar-refractivity contribution in [2.24, 2.45) is 0 Å². The second kappa shape index (κ2) is 9.96. The van der Waals surface area contributed by atoms with Gasteiger partial charge in [0.15, 0.2) is 0 Å². The normalized spacial score (nSPS) is 10.1. The molecule has 30 heavy (non-hydrogen) atoms. The number of anilines is 1. The Bertz CT molecular complexity index is 1090. The summed E-state index contributed by atoms with van der Waals surface area (Å²) < 4.78 is 12.0. The van der Waals surface area contributed by atoms with Crippen molar-refractivity contribution in [3.8, 4) is 34.3 Å². The second-order valence-electron chi connectivity index (χ2n) is 6.45. The average Bonchev–Trinajstić information content (AvgIpc) is 2.75. The van der Waals surface area contributed by atoms with Gasteiger partial charge in [-0.15, -0.1) is 12.1 Å². The number of nitrogens with zero attached hydrogens (tertiary/aromatic N) is 4. The number of ether oxygens (including phenoxy) is 2. The minimum Gasteiger partial charge on any atom is -0.500 e. The molecule has 0 spiro atoms. The molecule has 0 fully saturated rings. The molecule has 0 unspecified atom stereocenters. The molecule has 0 aliphatic carbocycles. The predicted molar refractivity (Wildman–Crippen MR) is 111 cm³/mol. The van der Waals surface area contributed by atoms with Crippen LogP contribution >= 0.6 is 0 Å². The average molecular weight is 576 g/mol. The number of aromatic nitrogens is 3. The molecule has 0 atom stereocenters. The first kappa shape index (κ1) is 21.4. The van der Waals surface area contributed by atoms with Crippen LogP contribution in [0.3, 0.4) is 0 Å². The van der Waals surface area contributed by atoms with Crippen molar-refractivity contribution in [2.45, 2.75) is 0 Å². The van der Waals surface area contributed by atoms with E-state index < -0.39 is 0 Å². The van der Waals surface area contributed by atoms with Crippen LogP contribution in [0.4, 0.5) is 5.69 Å². The fraction of sp³-hybridized carbons (Fsp3) is 0.0870. The summed E-state index contributed by atoms with van der Waals surface area (Å²) in [7, 11) is 3.97. The van der Waals surface area contributed by atoms with Gasteiger partial charge in [0.05, 0.1) is 12.4 Å². The number of pyridine rings is 3. The Labute approximate surface area is 188 Å². The number of hydrogen-bond acceptors (Lipinski definition) is 6. The van der Waals surface area contributed by atoms with E-state index in [2.05, 4.69) is 21.0 Å². The third-order valence-electron chi connectivity index (χ3n) is 4.13. The summed E-state index contributed by atoms with van der Waals surface area (Å²) in [6.45, 7) is 0. The molecule has 4 rings (SSSR count). The molecule has 1 radical (unpaired) electrons. The van der Waals surface area contributed by atoms with Crippen LogP contribution in [-0.4, -0.2) is 29.0 Å². The van der Waals surface area contributed by atoms with Crippen molar-refractivity contribution in [1.82, 2.24) is 15.0 Å². The van der Waals surface area contributed by atoms with Gasteiger partial charge in [0.25, 0.3) is 0 Å². The van der Waals surface area contributed by atoms with Crippen LogP contribution in [-0.2, 0) is 20.1 Å². The van der Waals surface area contributed by atoms with Crippen molar-refractivity contribution in [3.05, 3.63) is 85.6 Å². The van der Waals surface area contributed by atoms with Gasteiger partial charge in [-0.1, -0.05) is 17.7 Å². The Hall–Kier alpha value is -3.28. The van der Waals surface area contributed by atoms with Crippen molar-refractivity contribution >= 4 is 5.69 Å². The molecule has 4 aromatic rings. The molecule has 0 bridgehead atoms. The minimum absolute atomic E-state index is 0. The SMILES string of the molecule is CN(C)c1ccnc(-c2[c-]cc(Oc3cccnc3)cc2Oc2cccnc2)c1.[Ir]. The molecule has 7 heteroatoms. The van der Waals surface area contributed by atoms with Crippen LogP contribution in [0.1, 0.15) is 0 Å². The van der Waals surface area contributed by atoms with Gasteiger partial charge in [-0.05, 0) is 36.0 Å². The smallest absolute Gasteiger partial charge is 0.132 e. The number of benzene rings is 1. The van der Waals surface area contributed by atoms with Crippen molar-refractivity contribution < 1.29 is 29.6 Å². The molecular formula is C23H19IrN4O2-. The maximum absolute atomic E-state index is 6.10. The largest absolute Gasteiger partial charge is 0.500 e. The van der Waals surface area contributed by atoms with Crippen molar-refractivity contribution in [2.75, 3.05) is 19.0 Å². The molecule has 0 saturated carbocycles. The topological polar surface area (TPSA) is 60.4 Å². The Morgan fingerprint density at radius 1 is 0.833 bits per heavy atom. The summed E-state index contributed by atoms with van der Waals surface area (Å²) in [5.74, 6) is 2.41. The Morgan fingerprint density at radius 2 is 1.53 bits per heavy atom. The van der Waals surface area contributed by atoms with Gasteiger partial charge in [-0.25, -0.2) is 0 Å². The molecule has 3 aromatic heterocycles. The first-order valence-corrected chi connectivity index (χ1v) is 9.04. The minimum atomic E-state index is 0. The van der Waals surface area contributed by atoms with Gasteiger partial charge in [0.1, 0.15) is 11.5 Å². The summed E-state index contributed by atoms with van der Waals surface area (Å²) in [5, 5.41) is 0. The summed E-state index contributed by atoms with van der Waals surface area (Å²) in [4.78, 5) is 14.7. The summed E-state index contributed by atoms with van der Waals surface area (Å²) in [5.41, 5.74) is 2.52. The van der Waals surface area contributed by atoms with Crippen LogP contribution in [0.2, 0.25) is 0 Å². The molecule has 0 saturated heterocycles. The zero-order chi connectivity index (χ0) is 20.1. The van der Waals surface area contributed by atoms with Gasteiger partial charge in [-0.3, -0.25) is 9.97 Å². The van der Waals surface area contributed by atoms with E-state index in [-0.39, 0.29) is 20.1 Å². The van der Waals surface area contributed by atoms with Crippen LogP contribution in [0.15, 0.2) is 79.5 Å². The maximum Gasteiger partial charge on any atom is 0.132 e. The van der Waals surface area contributed by atoms with Gasteiger partial charge < -0.3 is 19.4 Å². The van der Waals surface area contributed by atoms with Gasteiger partial charge in [0.2, 0.25) is 0 Å². The summed E-state index contributed by atoms with van der Waals surface area (Å²) in [6, 6.07) is 18.1. The fourth-order valence-electron chi connectivity index (χ4n) is 2.71. The molecule has 0 aliphatic rings. The predicted octanol–water partition coefficient (Wildman–Crippen LogP) is 4.99. The third-order valence-corrected chi connectivity index (χ3v) is 4.13. The van der Waals surface area contributed by atoms with Crippen LogP contribution in [0.25, 0.3) is 11.3 Å². The van der Waals surface area contributed by atoms with Gasteiger partial charge >= 0.3 is 0 Å². The van der Waals surface area contributed by atoms with Crippen LogP contribution in [0, 0.1) is 6.07 Å². The molecule has 0 amide bonds. The van der Waals surface area contributed by atoms with Gasteiger partial charge in [0, 0.05) is 70.0 Å². The van der Waals surface area contributed by atoms with E-state index >= 15 is 0 Å². The Morgan fingerprint density at radius 3 is 2.17 bits per heavy atom. The molecule has 3 heterocycles. The number of rotatable bonds is 6. The standard InChI is InChI=1S/C23H19N4O2.Ir/c1-27(2)17-9-12-26-22(13-17)21-8-7-18(28-19-5-3-10-24-15-19)14-23(21)29-20-6-4-11-25-16-20;/h3-7,9-16H,1-2H3;/q-1;. The molecule has 6 nitrogen and oxygen atoms in total.